The molecule has 0 unspecified atom stereocenters. The molecule has 0 atom stereocenters. The summed E-state index contributed by atoms with van der Waals surface area (Å²) in [6, 6.07) is 19.9. The number of rotatable bonds is 5. The van der Waals surface area contributed by atoms with Crippen molar-refractivity contribution in [3.8, 4) is 0 Å². The molecule has 0 saturated carbocycles. The third-order valence-corrected chi connectivity index (χ3v) is 5.48. The summed E-state index contributed by atoms with van der Waals surface area (Å²) in [6.07, 6.45) is 0. The minimum Gasteiger partial charge on any atom is -0.280 e. The lowest BCUT2D eigenvalue weighted by Crippen LogP contribution is -2.41. The summed E-state index contributed by atoms with van der Waals surface area (Å²) >= 11 is 5.77. The zero-order valence-corrected chi connectivity index (χ0v) is 16.5. The highest BCUT2D eigenvalue weighted by atomic mass is 35.5. The van der Waals surface area contributed by atoms with Gasteiger partial charge in [-0.25, -0.2) is 8.42 Å². The molecule has 7 nitrogen and oxygen atoms in total. The van der Waals surface area contributed by atoms with Gasteiger partial charge in [0.15, 0.2) is 0 Å². The van der Waals surface area contributed by atoms with Crippen LogP contribution >= 0.6 is 11.6 Å². The highest BCUT2D eigenvalue weighted by molar-refractivity contribution is 7.92. The van der Waals surface area contributed by atoms with Gasteiger partial charge in [-0.15, -0.1) is 0 Å². The lowest BCUT2D eigenvalue weighted by molar-refractivity contribution is 0.0846. The Morgan fingerprint density at radius 1 is 0.724 bits per heavy atom. The highest BCUT2D eigenvalue weighted by Gasteiger charge is 2.15. The molecule has 0 aliphatic heterocycles. The Morgan fingerprint density at radius 3 is 2.00 bits per heavy atom. The normalized spacial score (nSPS) is 10.8. The largest absolute Gasteiger partial charge is 0.280 e. The first kappa shape index (κ1) is 20.4. The van der Waals surface area contributed by atoms with Crippen LogP contribution in [-0.2, 0) is 10.0 Å². The number of amides is 2. The van der Waals surface area contributed by atoms with E-state index < -0.39 is 21.8 Å². The standard InChI is InChI=1S/C20H16ClN3O4S/c21-16-11-9-14(10-12-16)19(25)22-23-20(26)15-5-4-6-17(13-15)24-29(27,28)18-7-2-1-3-8-18/h1-13,24H,(H,22,25)(H,23,26). The summed E-state index contributed by atoms with van der Waals surface area (Å²) in [6.45, 7) is 0. The average molecular weight is 430 g/mol. The molecule has 3 aromatic rings. The lowest BCUT2D eigenvalue weighted by atomic mass is 10.2. The Kier molecular flexibility index (Phi) is 6.16. The maximum absolute atomic E-state index is 12.4. The van der Waals surface area contributed by atoms with Gasteiger partial charge >= 0.3 is 0 Å². The monoisotopic (exact) mass is 429 g/mol. The van der Waals surface area contributed by atoms with Gasteiger partial charge < -0.3 is 0 Å². The first-order valence-electron chi connectivity index (χ1n) is 8.39. The lowest BCUT2D eigenvalue weighted by Gasteiger charge is -2.10. The van der Waals surface area contributed by atoms with E-state index in [0.717, 1.165) is 0 Å². The average Bonchev–Trinajstić information content (AvgIpc) is 2.73. The smallest absolute Gasteiger partial charge is 0.269 e. The molecule has 9 heteroatoms. The van der Waals surface area contributed by atoms with Crippen molar-refractivity contribution in [3.63, 3.8) is 0 Å². The van der Waals surface area contributed by atoms with Crippen LogP contribution in [0.5, 0.6) is 0 Å². The number of anilines is 1. The van der Waals surface area contributed by atoms with E-state index in [1.54, 1.807) is 30.3 Å². The number of hydrogen-bond acceptors (Lipinski definition) is 4. The maximum Gasteiger partial charge on any atom is 0.269 e. The van der Waals surface area contributed by atoms with Crippen molar-refractivity contribution in [2.45, 2.75) is 4.90 Å². The molecule has 29 heavy (non-hydrogen) atoms. The second kappa shape index (κ2) is 8.76. The van der Waals surface area contributed by atoms with E-state index in [1.807, 2.05) is 0 Å². The molecular weight excluding hydrogens is 414 g/mol. The van der Waals surface area contributed by atoms with Crippen molar-refractivity contribution in [2.24, 2.45) is 0 Å². The van der Waals surface area contributed by atoms with Crippen molar-refractivity contribution in [1.29, 1.82) is 0 Å². The predicted octanol–water partition coefficient (Wildman–Crippen LogP) is 3.22. The van der Waals surface area contributed by atoms with Crippen LogP contribution in [-0.4, -0.2) is 20.2 Å². The van der Waals surface area contributed by atoms with E-state index in [0.29, 0.717) is 10.6 Å². The Labute approximate surface area is 172 Å². The second-order valence-corrected chi connectivity index (χ2v) is 8.03. The van der Waals surface area contributed by atoms with Gasteiger partial charge in [-0.2, -0.15) is 0 Å². The number of nitrogens with one attached hydrogen (secondary N) is 3. The van der Waals surface area contributed by atoms with Gasteiger partial charge in [0.05, 0.1) is 4.90 Å². The van der Waals surface area contributed by atoms with Crippen LogP contribution in [0.25, 0.3) is 0 Å². The zero-order valence-electron chi connectivity index (χ0n) is 14.9. The summed E-state index contributed by atoms with van der Waals surface area (Å²) in [5.41, 5.74) is 5.27. The molecule has 3 aromatic carbocycles. The van der Waals surface area contributed by atoms with Crippen LogP contribution in [0.1, 0.15) is 20.7 Å². The molecule has 0 heterocycles. The van der Waals surface area contributed by atoms with Gasteiger partial charge in [-0.3, -0.25) is 25.2 Å². The fourth-order valence-electron chi connectivity index (χ4n) is 2.40. The minimum atomic E-state index is -3.78. The quantitative estimate of drug-likeness (QED) is 0.541. The molecule has 0 aliphatic carbocycles. The number of hydrogen-bond donors (Lipinski definition) is 3. The topological polar surface area (TPSA) is 104 Å². The van der Waals surface area contributed by atoms with Gasteiger partial charge in [0.2, 0.25) is 0 Å². The SMILES string of the molecule is O=C(NNC(=O)c1cccc(NS(=O)(=O)c2ccccc2)c1)c1ccc(Cl)cc1. The molecule has 2 amide bonds. The number of halogens is 1. The van der Waals surface area contributed by atoms with Crippen molar-refractivity contribution in [1.82, 2.24) is 10.9 Å². The third-order valence-electron chi connectivity index (χ3n) is 3.83. The van der Waals surface area contributed by atoms with E-state index >= 15 is 0 Å². The molecule has 0 radical (unpaired) electrons. The molecule has 0 saturated heterocycles. The van der Waals surface area contributed by atoms with Crippen LogP contribution in [0.3, 0.4) is 0 Å². The number of carbonyl (C=O) groups excluding carboxylic acids is 2. The summed E-state index contributed by atoms with van der Waals surface area (Å²) < 4.78 is 27.2. The minimum absolute atomic E-state index is 0.102. The first-order chi connectivity index (χ1) is 13.8. The fourth-order valence-corrected chi connectivity index (χ4v) is 3.59. The van der Waals surface area contributed by atoms with Crippen LogP contribution in [0.4, 0.5) is 5.69 Å². The molecule has 0 fully saturated rings. The zero-order chi connectivity index (χ0) is 20.9. The molecule has 0 spiro atoms. The fraction of sp³-hybridized carbons (Fsp3) is 0. The Balaban J connectivity index is 1.66. The van der Waals surface area contributed by atoms with Crippen molar-refractivity contribution in [3.05, 3.63) is 95.0 Å². The van der Waals surface area contributed by atoms with Gasteiger partial charge in [-0.1, -0.05) is 35.9 Å². The Bertz CT molecular complexity index is 1130. The van der Waals surface area contributed by atoms with Crippen LogP contribution in [0, 0.1) is 0 Å². The maximum atomic E-state index is 12.4. The molecule has 3 rings (SSSR count). The van der Waals surface area contributed by atoms with E-state index in [9.17, 15) is 18.0 Å². The summed E-state index contributed by atoms with van der Waals surface area (Å²) in [5.74, 6) is -1.12. The second-order valence-electron chi connectivity index (χ2n) is 5.91. The van der Waals surface area contributed by atoms with Crippen molar-refractivity contribution < 1.29 is 18.0 Å². The summed E-state index contributed by atoms with van der Waals surface area (Å²) in [4.78, 5) is 24.4. The molecule has 0 aromatic heterocycles. The van der Waals surface area contributed by atoms with Gasteiger partial charge in [0.1, 0.15) is 0 Å². The Hall–Kier alpha value is -3.36. The van der Waals surface area contributed by atoms with Crippen LogP contribution in [0.2, 0.25) is 5.02 Å². The molecule has 0 bridgehead atoms. The van der Waals surface area contributed by atoms with Crippen LogP contribution in [0.15, 0.2) is 83.8 Å². The number of hydrazine groups is 1. The van der Waals surface area contributed by atoms with E-state index in [-0.39, 0.29) is 16.1 Å². The first-order valence-corrected chi connectivity index (χ1v) is 10.3. The van der Waals surface area contributed by atoms with E-state index in [2.05, 4.69) is 15.6 Å². The van der Waals surface area contributed by atoms with E-state index in [1.165, 1.54) is 48.5 Å². The molecular formula is C20H16ClN3O4S. The number of sulfonamides is 1. The van der Waals surface area contributed by atoms with Gasteiger partial charge in [0, 0.05) is 21.8 Å². The van der Waals surface area contributed by atoms with Crippen molar-refractivity contribution >= 4 is 39.1 Å². The highest BCUT2D eigenvalue weighted by Crippen LogP contribution is 2.17. The van der Waals surface area contributed by atoms with Gasteiger partial charge in [0.25, 0.3) is 21.8 Å². The third kappa shape index (κ3) is 5.34. The van der Waals surface area contributed by atoms with Crippen LogP contribution < -0.4 is 15.6 Å². The summed E-state index contributed by atoms with van der Waals surface area (Å²) in [7, 11) is -3.78. The predicted molar refractivity (Wildman–Crippen MR) is 110 cm³/mol. The van der Waals surface area contributed by atoms with Gasteiger partial charge in [-0.05, 0) is 54.6 Å². The number of carbonyl (C=O) groups is 2. The van der Waals surface area contributed by atoms with E-state index in [4.69, 9.17) is 11.6 Å². The molecule has 148 valence electrons. The molecule has 0 aliphatic rings. The Morgan fingerprint density at radius 2 is 1.34 bits per heavy atom. The number of benzene rings is 3. The molecule has 3 N–H and O–H groups in total. The summed E-state index contributed by atoms with van der Waals surface area (Å²) in [5, 5.41) is 0.486. The van der Waals surface area contributed by atoms with Crippen molar-refractivity contribution in [2.75, 3.05) is 4.72 Å².